The summed E-state index contributed by atoms with van der Waals surface area (Å²) in [6.07, 6.45) is 1.88. The van der Waals surface area contributed by atoms with Gasteiger partial charge in [0.15, 0.2) is 0 Å². The topological polar surface area (TPSA) is 15.8 Å². The molecule has 0 amide bonds. The number of pyridine rings is 1. The summed E-state index contributed by atoms with van der Waals surface area (Å²) in [4.78, 5) is 4.50. The Morgan fingerprint density at radius 1 is 1.38 bits per heavy atom. The summed E-state index contributed by atoms with van der Waals surface area (Å²) < 4.78 is 0.873. The van der Waals surface area contributed by atoms with Gasteiger partial charge in [0.1, 0.15) is 0 Å². The summed E-state index contributed by atoms with van der Waals surface area (Å²) in [7, 11) is 0. The van der Waals surface area contributed by atoms with Gasteiger partial charge in [0.2, 0.25) is 0 Å². The fourth-order valence-corrected chi connectivity index (χ4v) is 2.09. The highest BCUT2D eigenvalue weighted by atomic mass is 32.1. The van der Waals surface area contributed by atoms with Crippen LogP contribution in [0.1, 0.15) is 4.88 Å². The zero-order valence-electron chi connectivity index (χ0n) is 7.20. The van der Waals surface area contributed by atoms with Gasteiger partial charge in [0.25, 0.3) is 0 Å². The highest BCUT2D eigenvalue weighted by Gasteiger charge is 1.98. The highest BCUT2D eigenvalue weighted by molar-refractivity contribution is 7.71. The first kappa shape index (κ1) is 8.66. The minimum absolute atomic E-state index is 0.873. The van der Waals surface area contributed by atoms with Crippen molar-refractivity contribution < 1.29 is 0 Å². The summed E-state index contributed by atoms with van der Waals surface area (Å²) in [5.74, 6) is 0. The molecule has 0 aliphatic carbocycles. The predicted octanol–water partition coefficient (Wildman–Crippen LogP) is 3.78. The molecular weight excluding hydrogens is 198 g/mol. The summed E-state index contributed by atoms with van der Waals surface area (Å²) >= 11 is 6.84. The smallest absolute Gasteiger partial charge is 0.0476 e. The number of aromatic amines is 1. The SMILES string of the molecule is Cc1cc(-c2cc(=S)cc[nH]2)cs1. The third-order valence-electron chi connectivity index (χ3n) is 1.81. The largest absolute Gasteiger partial charge is 0.361 e. The average molecular weight is 207 g/mol. The lowest BCUT2D eigenvalue weighted by Crippen LogP contribution is -1.78. The van der Waals surface area contributed by atoms with E-state index < -0.39 is 0 Å². The van der Waals surface area contributed by atoms with Gasteiger partial charge in [-0.3, -0.25) is 0 Å². The third-order valence-corrected chi connectivity index (χ3v) is 2.93. The van der Waals surface area contributed by atoms with E-state index >= 15 is 0 Å². The van der Waals surface area contributed by atoms with Crippen LogP contribution in [0.15, 0.2) is 29.8 Å². The number of H-pyrrole nitrogens is 1. The van der Waals surface area contributed by atoms with Crippen LogP contribution in [0.3, 0.4) is 0 Å². The van der Waals surface area contributed by atoms with Crippen molar-refractivity contribution in [2.45, 2.75) is 6.92 Å². The Labute approximate surface area is 86.1 Å². The van der Waals surface area contributed by atoms with Crippen LogP contribution in [0.25, 0.3) is 11.3 Å². The van der Waals surface area contributed by atoms with Gasteiger partial charge >= 0.3 is 0 Å². The maximum absolute atomic E-state index is 5.09. The standard InChI is InChI=1S/C10H9NS2/c1-7-4-8(6-13-7)10-5-9(12)2-3-11-10/h2-6H,1H3,(H,11,12). The molecule has 13 heavy (non-hydrogen) atoms. The first-order valence-electron chi connectivity index (χ1n) is 4.00. The molecule has 2 rings (SSSR count). The lowest BCUT2D eigenvalue weighted by atomic mass is 10.2. The molecule has 1 N–H and O–H groups in total. The number of hydrogen-bond donors (Lipinski definition) is 1. The second kappa shape index (κ2) is 3.44. The molecule has 0 atom stereocenters. The molecule has 2 aromatic rings. The van der Waals surface area contributed by atoms with Gasteiger partial charge < -0.3 is 4.98 Å². The molecule has 0 saturated heterocycles. The number of thiophene rings is 1. The van der Waals surface area contributed by atoms with E-state index in [0.29, 0.717) is 0 Å². The number of aryl methyl sites for hydroxylation is 1. The quantitative estimate of drug-likeness (QED) is 0.704. The molecule has 2 heterocycles. The van der Waals surface area contributed by atoms with Crippen LogP contribution in [-0.4, -0.2) is 4.98 Å². The van der Waals surface area contributed by atoms with Crippen molar-refractivity contribution in [1.82, 2.24) is 4.98 Å². The Bertz CT molecular complexity index is 468. The number of hydrogen-bond acceptors (Lipinski definition) is 2. The highest BCUT2D eigenvalue weighted by Crippen LogP contribution is 2.22. The van der Waals surface area contributed by atoms with Crippen LogP contribution in [0, 0.1) is 11.4 Å². The van der Waals surface area contributed by atoms with Crippen LogP contribution >= 0.6 is 23.6 Å². The molecule has 0 aliphatic rings. The van der Waals surface area contributed by atoms with Crippen LogP contribution in [0.2, 0.25) is 0 Å². The Balaban J connectivity index is 2.52. The van der Waals surface area contributed by atoms with Crippen LogP contribution < -0.4 is 0 Å². The van der Waals surface area contributed by atoms with Crippen molar-refractivity contribution in [3.05, 3.63) is 39.2 Å². The van der Waals surface area contributed by atoms with Gasteiger partial charge in [-0.05, 0) is 25.1 Å². The first-order valence-corrected chi connectivity index (χ1v) is 5.29. The Kier molecular flexibility index (Phi) is 2.29. The Morgan fingerprint density at radius 2 is 2.23 bits per heavy atom. The monoisotopic (exact) mass is 207 g/mol. The Hall–Kier alpha value is -0.930. The van der Waals surface area contributed by atoms with Crippen molar-refractivity contribution in [3.63, 3.8) is 0 Å². The van der Waals surface area contributed by atoms with Crippen molar-refractivity contribution in [1.29, 1.82) is 0 Å². The molecule has 66 valence electrons. The molecule has 0 fully saturated rings. The summed E-state index contributed by atoms with van der Waals surface area (Å²) in [5.41, 5.74) is 2.31. The molecule has 0 aromatic carbocycles. The lowest BCUT2D eigenvalue weighted by molar-refractivity contribution is 1.32. The number of nitrogens with one attached hydrogen (secondary N) is 1. The molecule has 0 radical (unpaired) electrons. The van der Waals surface area contributed by atoms with E-state index in [4.69, 9.17) is 12.2 Å². The third kappa shape index (κ3) is 1.87. The fraction of sp³-hybridized carbons (Fsp3) is 0.100. The zero-order valence-corrected chi connectivity index (χ0v) is 8.84. The van der Waals surface area contributed by atoms with Crippen molar-refractivity contribution in [3.8, 4) is 11.3 Å². The van der Waals surface area contributed by atoms with Gasteiger partial charge in [0, 0.05) is 32.2 Å². The number of aromatic nitrogens is 1. The molecule has 0 spiro atoms. The maximum Gasteiger partial charge on any atom is 0.0476 e. The molecule has 0 unspecified atom stereocenters. The van der Waals surface area contributed by atoms with E-state index in [-0.39, 0.29) is 0 Å². The lowest BCUT2D eigenvalue weighted by Gasteiger charge is -1.95. The summed E-state index contributed by atoms with van der Waals surface area (Å²) in [6, 6.07) is 6.03. The summed E-state index contributed by atoms with van der Waals surface area (Å²) in [5, 5.41) is 2.13. The van der Waals surface area contributed by atoms with Crippen molar-refractivity contribution in [2.75, 3.05) is 0 Å². The van der Waals surface area contributed by atoms with Crippen molar-refractivity contribution >= 4 is 23.6 Å². The first-order chi connectivity index (χ1) is 6.25. The molecule has 3 heteroatoms. The van der Waals surface area contributed by atoms with E-state index in [1.807, 2.05) is 18.3 Å². The molecular formula is C10H9NS2. The van der Waals surface area contributed by atoms with E-state index in [1.54, 1.807) is 11.3 Å². The van der Waals surface area contributed by atoms with Crippen LogP contribution in [0.5, 0.6) is 0 Å². The number of rotatable bonds is 1. The van der Waals surface area contributed by atoms with Gasteiger partial charge in [-0.2, -0.15) is 0 Å². The summed E-state index contributed by atoms with van der Waals surface area (Å²) in [6.45, 7) is 2.10. The maximum atomic E-state index is 5.09. The Morgan fingerprint density at radius 3 is 2.85 bits per heavy atom. The minimum atomic E-state index is 0.873. The molecule has 0 aliphatic heterocycles. The van der Waals surface area contributed by atoms with E-state index in [2.05, 4.69) is 23.4 Å². The zero-order chi connectivity index (χ0) is 9.26. The second-order valence-electron chi connectivity index (χ2n) is 2.88. The van der Waals surface area contributed by atoms with Gasteiger partial charge in [-0.15, -0.1) is 11.3 Å². The molecule has 0 bridgehead atoms. The normalized spacial score (nSPS) is 10.2. The van der Waals surface area contributed by atoms with Crippen LogP contribution in [-0.2, 0) is 0 Å². The van der Waals surface area contributed by atoms with E-state index in [9.17, 15) is 0 Å². The van der Waals surface area contributed by atoms with Crippen molar-refractivity contribution in [2.24, 2.45) is 0 Å². The minimum Gasteiger partial charge on any atom is -0.361 e. The fourth-order valence-electron chi connectivity index (χ4n) is 1.20. The van der Waals surface area contributed by atoms with E-state index in [1.165, 1.54) is 10.4 Å². The average Bonchev–Trinajstić information content (AvgIpc) is 2.52. The van der Waals surface area contributed by atoms with Gasteiger partial charge in [-0.25, -0.2) is 0 Å². The molecule has 0 saturated carbocycles. The van der Waals surface area contributed by atoms with Gasteiger partial charge in [-0.1, -0.05) is 12.2 Å². The van der Waals surface area contributed by atoms with Gasteiger partial charge in [0.05, 0.1) is 0 Å². The van der Waals surface area contributed by atoms with E-state index in [0.717, 1.165) is 10.2 Å². The second-order valence-corrected chi connectivity index (χ2v) is 4.47. The predicted molar refractivity (Wildman–Crippen MR) is 59.7 cm³/mol. The van der Waals surface area contributed by atoms with Crippen LogP contribution in [0.4, 0.5) is 0 Å². The molecule has 1 nitrogen and oxygen atoms in total. The molecule has 2 aromatic heterocycles.